The second kappa shape index (κ2) is 5.82. The fourth-order valence-corrected chi connectivity index (χ4v) is 2.87. The van der Waals surface area contributed by atoms with E-state index in [0.717, 1.165) is 47.1 Å². The van der Waals surface area contributed by atoms with Crippen LogP contribution in [0.2, 0.25) is 0 Å². The van der Waals surface area contributed by atoms with Crippen LogP contribution in [0, 0.1) is 0 Å². The number of rotatable bonds is 5. The topological polar surface area (TPSA) is 41.0 Å². The van der Waals surface area contributed by atoms with E-state index in [0.29, 0.717) is 0 Å². The molecular formula is C14H20BrN3O. The minimum atomic E-state index is -0.0731. The summed E-state index contributed by atoms with van der Waals surface area (Å²) < 4.78 is 2.62. The first-order valence-corrected chi connectivity index (χ1v) is 7.51. The van der Waals surface area contributed by atoms with Gasteiger partial charge in [-0.2, -0.15) is 0 Å². The lowest BCUT2D eigenvalue weighted by atomic mass is 10.2. The van der Waals surface area contributed by atoms with Crippen molar-refractivity contribution in [2.45, 2.75) is 26.7 Å². The van der Waals surface area contributed by atoms with Crippen LogP contribution in [0.15, 0.2) is 21.4 Å². The Kier molecular flexibility index (Phi) is 4.34. The van der Waals surface area contributed by atoms with E-state index in [1.165, 1.54) is 0 Å². The van der Waals surface area contributed by atoms with Gasteiger partial charge in [0.25, 0.3) is 0 Å². The Morgan fingerprint density at radius 2 is 1.89 bits per heavy atom. The van der Waals surface area contributed by atoms with E-state index < -0.39 is 0 Å². The zero-order valence-corrected chi connectivity index (χ0v) is 13.2. The van der Waals surface area contributed by atoms with E-state index in [9.17, 15) is 4.79 Å². The normalized spacial score (nSPS) is 11.2. The maximum Gasteiger partial charge on any atom is 0.326 e. The van der Waals surface area contributed by atoms with E-state index in [4.69, 9.17) is 0 Å². The molecule has 0 bridgehead atoms. The predicted octanol–water partition coefficient (Wildman–Crippen LogP) is 3.26. The number of aromatic nitrogens is 2. The third-order valence-electron chi connectivity index (χ3n) is 3.31. The van der Waals surface area contributed by atoms with Gasteiger partial charge in [0.2, 0.25) is 0 Å². The third kappa shape index (κ3) is 2.56. The highest BCUT2D eigenvalue weighted by Gasteiger charge is 2.15. The number of nitrogens with zero attached hydrogens (tertiary/aromatic N) is 2. The average molecular weight is 326 g/mol. The Morgan fingerprint density at radius 1 is 1.26 bits per heavy atom. The fraction of sp³-hybridized carbons (Fsp3) is 0.500. The van der Waals surface area contributed by atoms with Crippen molar-refractivity contribution in [2.24, 2.45) is 7.05 Å². The molecule has 2 aromatic rings. The molecule has 0 aliphatic carbocycles. The molecule has 0 atom stereocenters. The number of hydrogen-bond acceptors (Lipinski definition) is 2. The summed E-state index contributed by atoms with van der Waals surface area (Å²) in [6, 6.07) is 4.09. The first-order chi connectivity index (χ1) is 9.10. The number of imidazole rings is 1. The summed E-state index contributed by atoms with van der Waals surface area (Å²) in [6.07, 6.45) is 2.19. The van der Waals surface area contributed by atoms with Crippen molar-refractivity contribution >= 4 is 32.7 Å². The zero-order valence-electron chi connectivity index (χ0n) is 11.7. The molecule has 1 N–H and O–H groups in total. The molecule has 0 aliphatic rings. The lowest BCUT2D eigenvalue weighted by molar-refractivity contribution is 0.744. The van der Waals surface area contributed by atoms with Crippen LogP contribution in [0.3, 0.4) is 0 Å². The molecule has 19 heavy (non-hydrogen) atoms. The van der Waals surface area contributed by atoms with Crippen molar-refractivity contribution in [1.29, 1.82) is 0 Å². The molecule has 0 spiro atoms. The molecule has 0 saturated carbocycles. The van der Waals surface area contributed by atoms with E-state index >= 15 is 0 Å². The number of aromatic amines is 1. The monoisotopic (exact) mass is 325 g/mol. The molecular weight excluding hydrogens is 306 g/mol. The number of halogens is 1. The first-order valence-electron chi connectivity index (χ1n) is 6.72. The molecule has 5 heteroatoms. The summed E-state index contributed by atoms with van der Waals surface area (Å²) in [5, 5.41) is 0. The highest BCUT2D eigenvalue weighted by molar-refractivity contribution is 9.10. The fourth-order valence-electron chi connectivity index (χ4n) is 2.45. The van der Waals surface area contributed by atoms with E-state index in [1.54, 1.807) is 4.57 Å². The summed E-state index contributed by atoms with van der Waals surface area (Å²) in [7, 11) is 1.81. The van der Waals surface area contributed by atoms with Gasteiger partial charge in [-0.15, -0.1) is 0 Å². The summed E-state index contributed by atoms with van der Waals surface area (Å²) in [6.45, 7) is 6.36. The quantitative estimate of drug-likeness (QED) is 0.916. The Hall–Kier alpha value is -1.23. The number of nitrogens with one attached hydrogen (secondary N) is 1. The summed E-state index contributed by atoms with van der Waals surface area (Å²) in [4.78, 5) is 17.1. The van der Waals surface area contributed by atoms with Crippen LogP contribution in [-0.4, -0.2) is 22.6 Å². The van der Waals surface area contributed by atoms with Crippen LogP contribution in [0.4, 0.5) is 5.69 Å². The third-order valence-corrected chi connectivity index (χ3v) is 3.97. The molecule has 0 radical (unpaired) electrons. The first kappa shape index (κ1) is 14.2. The number of hydrogen-bond donors (Lipinski definition) is 1. The zero-order chi connectivity index (χ0) is 14.0. The Morgan fingerprint density at radius 3 is 2.47 bits per heavy atom. The lowest BCUT2D eigenvalue weighted by Gasteiger charge is -2.25. The summed E-state index contributed by atoms with van der Waals surface area (Å²) in [5.41, 5.74) is 2.90. The summed E-state index contributed by atoms with van der Waals surface area (Å²) in [5.74, 6) is 0. The number of aryl methyl sites for hydroxylation is 1. The number of H-pyrrole nitrogens is 1. The van der Waals surface area contributed by atoms with Crippen LogP contribution < -0.4 is 10.6 Å². The Bertz CT molecular complexity index is 623. The molecule has 0 saturated heterocycles. The van der Waals surface area contributed by atoms with E-state index in [1.807, 2.05) is 13.1 Å². The molecule has 2 rings (SSSR count). The standard InChI is InChI=1S/C14H20BrN3O/c1-4-8-18(9-5-2)11-7-6-10(15)12-13(11)17(3)14(19)16-12/h6-7H,4-5,8-9H2,1-3H3,(H,16,19). The number of anilines is 1. The van der Waals surface area contributed by atoms with Crippen molar-refractivity contribution in [1.82, 2.24) is 9.55 Å². The smallest absolute Gasteiger partial charge is 0.326 e. The van der Waals surface area contributed by atoms with E-state index in [2.05, 4.69) is 45.7 Å². The van der Waals surface area contributed by atoms with Crippen molar-refractivity contribution in [3.63, 3.8) is 0 Å². The maximum atomic E-state index is 11.8. The van der Waals surface area contributed by atoms with Crippen LogP contribution in [0.25, 0.3) is 11.0 Å². The minimum Gasteiger partial charge on any atom is -0.370 e. The van der Waals surface area contributed by atoms with Crippen molar-refractivity contribution < 1.29 is 0 Å². The van der Waals surface area contributed by atoms with Gasteiger partial charge in [0.15, 0.2) is 0 Å². The summed E-state index contributed by atoms with van der Waals surface area (Å²) >= 11 is 3.50. The maximum absolute atomic E-state index is 11.8. The molecule has 0 unspecified atom stereocenters. The Balaban J connectivity index is 2.65. The van der Waals surface area contributed by atoms with Gasteiger partial charge in [0, 0.05) is 24.6 Å². The molecule has 104 valence electrons. The van der Waals surface area contributed by atoms with Crippen molar-refractivity contribution in [3.8, 4) is 0 Å². The van der Waals surface area contributed by atoms with Crippen LogP contribution in [0.5, 0.6) is 0 Å². The average Bonchev–Trinajstić information content (AvgIpc) is 2.68. The molecule has 0 aliphatic heterocycles. The van der Waals surface area contributed by atoms with Gasteiger partial charge < -0.3 is 9.88 Å². The SMILES string of the molecule is CCCN(CCC)c1ccc(Br)c2[nH]c(=O)n(C)c12. The van der Waals surface area contributed by atoms with Gasteiger partial charge in [0.1, 0.15) is 0 Å². The molecule has 1 aromatic carbocycles. The molecule has 1 aromatic heterocycles. The van der Waals surface area contributed by atoms with Gasteiger partial charge in [-0.3, -0.25) is 4.57 Å². The highest BCUT2D eigenvalue weighted by Crippen LogP contribution is 2.30. The van der Waals surface area contributed by atoms with Gasteiger partial charge in [-0.05, 0) is 40.9 Å². The Labute approximate surface area is 121 Å². The lowest BCUT2D eigenvalue weighted by Crippen LogP contribution is -2.25. The van der Waals surface area contributed by atoms with Crippen LogP contribution in [-0.2, 0) is 7.05 Å². The van der Waals surface area contributed by atoms with Gasteiger partial charge in [0.05, 0.1) is 16.7 Å². The molecule has 0 fully saturated rings. The number of fused-ring (bicyclic) bond motifs is 1. The molecule has 0 amide bonds. The van der Waals surface area contributed by atoms with Gasteiger partial charge >= 0.3 is 5.69 Å². The van der Waals surface area contributed by atoms with Crippen molar-refractivity contribution in [3.05, 3.63) is 27.1 Å². The largest absolute Gasteiger partial charge is 0.370 e. The highest BCUT2D eigenvalue weighted by atomic mass is 79.9. The van der Waals surface area contributed by atoms with Crippen LogP contribution in [0.1, 0.15) is 26.7 Å². The molecule has 1 heterocycles. The van der Waals surface area contributed by atoms with Gasteiger partial charge in [-0.25, -0.2) is 4.79 Å². The van der Waals surface area contributed by atoms with E-state index in [-0.39, 0.29) is 5.69 Å². The van der Waals surface area contributed by atoms with Crippen molar-refractivity contribution in [2.75, 3.05) is 18.0 Å². The minimum absolute atomic E-state index is 0.0731. The van der Waals surface area contributed by atoms with Gasteiger partial charge in [-0.1, -0.05) is 13.8 Å². The molecule has 4 nitrogen and oxygen atoms in total. The number of benzene rings is 1. The van der Waals surface area contributed by atoms with Crippen LogP contribution >= 0.6 is 15.9 Å². The second-order valence-corrected chi connectivity index (χ2v) is 5.62. The second-order valence-electron chi connectivity index (χ2n) is 4.77. The predicted molar refractivity (Wildman–Crippen MR) is 84.0 cm³/mol.